The summed E-state index contributed by atoms with van der Waals surface area (Å²) in [6, 6.07) is 6.15. The van der Waals surface area contributed by atoms with Crippen molar-refractivity contribution in [2.45, 2.75) is 6.92 Å². The zero-order valence-electron chi connectivity index (χ0n) is 13.2. The molecule has 1 aromatic rings. The van der Waals surface area contributed by atoms with Crippen LogP contribution in [0.2, 0.25) is 0 Å². The van der Waals surface area contributed by atoms with E-state index in [9.17, 15) is 19.2 Å². The number of benzene rings is 1. The highest BCUT2D eigenvalue weighted by atomic mass is 16.5. The number of carbonyl (C=O) groups excluding carboxylic acids is 4. The molecule has 0 aromatic heterocycles. The number of nitrogens with zero attached hydrogens (tertiary/aromatic N) is 1. The lowest BCUT2D eigenvalue weighted by Crippen LogP contribution is -2.38. The Morgan fingerprint density at radius 3 is 2.48 bits per heavy atom. The average molecular weight is 321 g/mol. The van der Waals surface area contributed by atoms with Gasteiger partial charge < -0.3 is 20.3 Å². The van der Waals surface area contributed by atoms with E-state index in [-0.39, 0.29) is 23.9 Å². The van der Waals surface area contributed by atoms with E-state index in [0.29, 0.717) is 5.69 Å². The van der Waals surface area contributed by atoms with Gasteiger partial charge in [0.25, 0.3) is 5.91 Å². The fourth-order valence-corrected chi connectivity index (χ4v) is 1.52. The molecule has 1 aromatic carbocycles. The van der Waals surface area contributed by atoms with Gasteiger partial charge in [0.05, 0.1) is 12.1 Å². The minimum atomic E-state index is -0.703. The normalized spacial score (nSPS) is 9.70. The van der Waals surface area contributed by atoms with Gasteiger partial charge in [-0.25, -0.2) is 4.79 Å². The summed E-state index contributed by atoms with van der Waals surface area (Å²) in [5.74, 6) is -1.81. The molecule has 0 aliphatic carbocycles. The van der Waals surface area contributed by atoms with Crippen molar-refractivity contribution in [3.05, 3.63) is 29.8 Å². The number of nitrogens with one attached hydrogen (secondary N) is 2. The van der Waals surface area contributed by atoms with E-state index in [1.165, 1.54) is 24.0 Å². The molecule has 8 heteroatoms. The van der Waals surface area contributed by atoms with Crippen molar-refractivity contribution in [3.63, 3.8) is 0 Å². The zero-order valence-corrected chi connectivity index (χ0v) is 13.2. The molecule has 3 amide bonds. The van der Waals surface area contributed by atoms with E-state index in [0.717, 1.165) is 0 Å². The highest BCUT2D eigenvalue weighted by Gasteiger charge is 2.12. The Morgan fingerprint density at radius 1 is 1.17 bits per heavy atom. The SMILES string of the molecule is CC(=O)Nc1cccc(C(=O)OCC(=O)NCC(=O)N(C)C)c1. The molecule has 2 N–H and O–H groups in total. The predicted octanol–water partition coefficient (Wildman–Crippen LogP) is 0.00620. The molecule has 0 heterocycles. The van der Waals surface area contributed by atoms with E-state index in [2.05, 4.69) is 10.6 Å². The van der Waals surface area contributed by atoms with Crippen LogP contribution in [0.25, 0.3) is 0 Å². The first kappa shape index (κ1) is 18.1. The van der Waals surface area contributed by atoms with Crippen LogP contribution in [-0.2, 0) is 19.1 Å². The van der Waals surface area contributed by atoms with Crippen molar-refractivity contribution in [2.75, 3.05) is 32.6 Å². The van der Waals surface area contributed by atoms with Gasteiger partial charge in [-0.1, -0.05) is 6.07 Å². The quantitative estimate of drug-likeness (QED) is 0.718. The molecule has 0 radical (unpaired) electrons. The van der Waals surface area contributed by atoms with Crippen LogP contribution in [0, 0.1) is 0 Å². The van der Waals surface area contributed by atoms with Gasteiger partial charge in [0, 0.05) is 26.7 Å². The Hall–Kier alpha value is -2.90. The first-order valence-corrected chi connectivity index (χ1v) is 6.81. The van der Waals surface area contributed by atoms with Crippen LogP contribution in [0.5, 0.6) is 0 Å². The molecule has 0 spiro atoms. The molecule has 0 unspecified atom stereocenters. The van der Waals surface area contributed by atoms with Crippen LogP contribution in [0.15, 0.2) is 24.3 Å². The van der Waals surface area contributed by atoms with E-state index in [4.69, 9.17) is 4.74 Å². The van der Waals surface area contributed by atoms with Crippen LogP contribution in [0.4, 0.5) is 5.69 Å². The summed E-state index contributed by atoms with van der Waals surface area (Å²) in [4.78, 5) is 47.0. The fraction of sp³-hybridized carbons (Fsp3) is 0.333. The molecular formula is C15H19N3O5. The molecule has 1 rings (SSSR count). The van der Waals surface area contributed by atoms with E-state index < -0.39 is 18.5 Å². The number of hydrogen-bond acceptors (Lipinski definition) is 5. The van der Waals surface area contributed by atoms with Gasteiger partial charge in [-0.05, 0) is 18.2 Å². The molecule has 0 fully saturated rings. The molecule has 0 aliphatic rings. The Kier molecular flexibility index (Phi) is 6.72. The summed E-state index contributed by atoms with van der Waals surface area (Å²) in [6.45, 7) is 0.690. The first-order valence-electron chi connectivity index (χ1n) is 6.81. The lowest BCUT2D eigenvalue weighted by Gasteiger charge is -2.11. The molecule has 8 nitrogen and oxygen atoms in total. The van der Waals surface area contributed by atoms with Crippen LogP contribution < -0.4 is 10.6 Å². The van der Waals surface area contributed by atoms with Crippen molar-refractivity contribution in [3.8, 4) is 0 Å². The third kappa shape index (κ3) is 6.60. The van der Waals surface area contributed by atoms with Crippen LogP contribution in [-0.4, -0.2) is 55.8 Å². The van der Waals surface area contributed by atoms with Gasteiger partial charge in [0.15, 0.2) is 6.61 Å². The summed E-state index contributed by atoms with van der Waals surface area (Å²) in [7, 11) is 3.13. The monoisotopic (exact) mass is 321 g/mol. The lowest BCUT2D eigenvalue weighted by atomic mass is 10.2. The molecule has 0 bridgehead atoms. The topological polar surface area (TPSA) is 105 Å². The molecule has 0 aliphatic heterocycles. The Labute approximate surface area is 133 Å². The molecule has 124 valence electrons. The second kappa shape index (κ2) is 8.52. The highest BCUT2D eigenvalue weighted by Crippen LogP contribution is 2.11. The van der Waals surface area contributed by atoms with Gasteiger partial charge in [-0.15, -0.1) is 0 Å². The summed E-state index contributed by atoms with van der Waals surface area (Å²) >= 11 is 0. The third-order valence-electron chi connectivity index (χ3n) is 2.69. The maximum Gasteiger partial charge on any atom is 0.338 e. The molecule has 23 heavy (non-hydrogen) atoms. The van der Waals surface area contributed by atoms with Crippen LogP contribution in [0.1, 0.15) is 17.3 Å². The van der Waals surface area contributed by atoms with Crippen molar-refractivity contribution >= 4 is 29.4 Å². The van der Waals surface area contributed by atoms with Crippen molar-refractivity contribution in [1.29, 1.82) is 0 Å². The minimum absolute atomic E-state index is 0.165. The largest absolute Gasteiger partial charge is 0.452 e. The van der Waals surface area contributed by atoms with Crippen molar-refractivity contribution in [1.82, 2.24) is 10.2 Å². The summed E-state index contributed by atoms with van der Waals surface area (Å²) in [5.41, 5.74) is 0.654. The summed E-state index contributed by atoms with van der Waals surface area (Å²) < 4.78 is 4.85. The van der Waals surface area contributed by atoms with Gasteiger partial charge in [0.2, 0.25) is 11.8 Å². The molecule has 0 saturated carbocycles. The standard InChI is InChI=1S/C15H19N3O5/c1-10(19)17-12-6-4-5-11(7-12)15(22)23-9-13(20)16-8-14(21)18(2)3/h4-7H,8-9H2,1-3H3,(H,16,20)(H,17,19). The van der Waals surface area contributed by atoms with Crippen LogP contribution in [0.3, 0.4) is 0 Å². The molecular weight excluding hydrogens is 302 g/mol. The average Bonchev–Trinajstić information content (AvgIpc) is 2.49. The Balaban J connectivity index is 2.49. The number of hydrogen-bond donors (Lipinski definition) is 2. The predicted molar refractivity (Wildman–Crippen MR) is 82.7 cm³/mol. The smallest absolute Gasteiger partial charge is 0.338 e. The highest BCUT2D eigenvalue weighted by molar-refractivity contribution is 5.94. The summed E-state index contributed by atoms with van der Waals surface area (Å²) in [5, 5.41) is 4.88. The number of rotatable bonds is 6. The van der Waals surface area contributed by atoms with Gasteiger partial charge in [0.1, 0.15) is 0 Å². The lowest BCUT2D eigenvalue weighted by molar-refractivity contribution is -0.131. The van der Waals surface area contributed by atoms with E-state index >= 15 is 0 Å². The maximum atomic E-state index is 11.8. The number of ether oxygens (including phenoxy) is 1. The third-order valence-corrected chi connectivity index (χ3v) is 2.69. The maximum absolute atomic E-state index is 11.8. The number of anilines is 1. The summed E-state index contributed by atoms with van der Waals surface area (Å²) in [6.07, 6.45) is 0. The second-order valence-electron chi connectivity index (χ2n) is 4.90. The Bertz CT molecular complexity index is 613. The zero-order chi connectivity index (χ0) is 17.4. The Morgan fingerprint density at radius 2 is 1.87 bits per heavy atom. The second-order valence-corrected chi connectivity index (χ2v) is 4.90. The number of esters is 1. The first-order chi connectivity index (χ1) is 10.8. The van der Waals surface area contributed by atoms with Crippen molar-refractivity contribution in [2.24, 2.45) is 0 Å². The van der Waals surface area contributed by atoms with Crippen LogP contribution >= 0.6 is 0 Å². The molecule has 0 saturated heterocycles. The number of amides is 3. The molecule has 0 atom stereocenters. The number of carbonyl (C=O) groups is 4. The fourth-order valence-electron chi connectivity index (χ4n) is 1.52. The van der Waals surface area contributed by atoms with E-state index in [1.54, 1.807) is 26.2 Å². The number of likely N-dealkylation sites (N-methyl/N-ethyl adjacent to an activating group) is 1. The van der Waals surface area contributed by atoms with Crippen molar-refractivity contribution < 1.29 is 23.9 Å². The minimum Gasteiger partial charge on any atom is -0.452 e. The van der Waals surface area contributed by atoms with Gasteiger partial charge in [-0.2, -0.15) is 0 Å². The van der Waals surface area contributed by atoms with E-state index in [1.807, 2.05) is 0 Å². The van der Waals surface area contributed by atoms with Gasteiger partial charge >= 0.3 is 5.97 Å². The van der Waals surface area contributed by atoms with Gasteiger partial charge in [-0.3, -0.25) is 14.4 Å².